The second-order valence-electron chi connectivity index (χ2n) is 3.61. The highest BCUT2D eigenvalue weighted by atomic mass is 32.2. The van der Waals surface area contributed by atoms with Crippen molar-refractivity contribution in [1.82, 2.24) is 0 Å². The van der Waals surface area contributed by atoms with E-state index in [4.69, 9.17) is 5.73 Å². The Morgan fingerprint density at radius 3 is 2.12 bits per heavy atom. The zero-order valence-corrected chi connectivity index (χ0v) is 9.68. The number of nitrogens with two attached hydrogens (primary N) is 1. The average Bonchev–Trinajstić information content (AvgIpc) is 2.15. The summed E-state index contributed by atoms with van der Waals surface area (Å²) in [5, 5.41) is 0. The maximum atomic E-state index is 11.9. The summed E-state index contributed by atoms with van der Waals surface area (Å²) in [7, 11) is -3.66. The van der Waals surface area contributed by atoms with Gasteiger partial charge in [-0.25, -0.2) is 8.42 Å². The van der Waals surface area contributed by atoms with Crippen molar-refractivity contribution in [3.63, 3.8) is 0 Å². The molecule has 0 aliphatic heterocycles. The van der Waals surface area contributed by atoms with Gasteiger partial charge in [-0.05, 0) is 30.7 Å². The summed E-state index contributed by atoms with van der Waals surface area (Å²) in [6, 6.07) is 5.38. The maximum absolute atomic E-state index is 11.9. The van der Waals surface area contributed by atoms with Gasteiger partial charge in [-0.2, -0.15) is 13.2 Å². The molecule has 1 aromatic carbocycles. The Hall–Kier alpha value is -1.24. The van der Waals surface area contributed by atoms with Gasteiger partial charge in [0, 0.05) is 12.1 Å². The molecular weight excluding hydrogens is 255 g/mol. The largest absolute Gasteiger partial charge is 0.399 e. The Morgan fingerprint density at radius 2 is 1.65 bits per heavy atom. The van der Waals surface area contributed by atoms with Crippen LogP contribution in [0.4, 0.5) is 18.9 Å². The molecule has 0 aromatic heterocycles. The lowest BCUT2D eigenvalue weighted by Gasteiger charge is -2.07. The Balaban J connectivity index is 2.66. The van der Waals surface area contributed by atoms with Crippen LogP contribution < -0.4 is 5.73 Å². The Bertz CT molecular complexity index is 465. The number of benzene rings is 1. The van der Waals surface area contributed by atoms with Crippen molar-refractivity contribution >= 4 is 15.5 Å². The van der Waals surface area contributed by atoms with Crippen molar-refractivity contribution < 1.29 is 21.6 Å². The van der Waals surface area contributed by atoms with E-state index < -0.39 is 34.6 Å². The molecule has 0 amide bonds. The van der Waals surface area contributed by atoms with Gasteiger partial charge in [0.05, 0.1) is 10.6 Å². The quantitative estimate of drug-likeness (QED) is 0.852. The molecule has 7 heteroatoms. The summed E-state index contributed by atoms with van der Waals surface area (Å²) in [5.74, 6) is -0.517. The summed E-state index contributed by atoms with van der Waals surface area (Å²) in [6.07, 6.45) is -5.85. The van der Waals surface area contributed by atoms with Gasteiger partial charge < -0.3 is 5.73 Å². The van der Waals surface area contributed by atoms with Crippen LogP contribution in [0.2, 0.25) is 0 Å². The molecule has 2 N–H and O–H groups in total. The van der Waals surface area contributed by atoms with E-state index in [-0.39, 0.29) is 4.90 Å². The zero-order valence-electron chi connectivity index (χ0n) is 8.87. The third-order valence-corrected chi connectivity index (χ3v) is 3.93. The molecule has 0 aliphatic rings. The molecule has 0 spiro atoms. The lowest BCUT2D eigenvalue weighted by molar-refractivity contribution is -0.134. The van der Waals surface area contributed by atoms with Crippen molar-refractivity contribution in [1.29, 1.82) is 0 Å². The van der Waals surface area contributed by atoms with Crippen molar-refractivity contribution in [2.24, 2.45) is 0 Å². The first kappa shape index (κ1) is 13.8. The molecular formula is C10H12F3NO2S. The van der Waals surface area contributed by atoms with Gasteiger partial charge in [-0.1, -0.05) is 0 Å². The first-order valence-corrected chi connectivity index (χ1v) is 6.51. The topological polar surface area (TPSA) is 60.2 Å². The summed E-state index contributed by atoms with van der Waals surface area (Å²) < 4.78 is 58.9. The fourth-order valence-electron chi connectivity index (χ4n) is 1.26. The zero-order chi connectivity index (χ0) is 13.1. The molecule has 0 saturated carbocycles. The molecule has 17 heavy (non-hydrogen) atoms. The van der Waals surface area contributed by atoms with Crippen LogP contribution in [0, 0.1) is 0 Å². The predicted octanol–water partition coefficient (Wildman–Crippen LogP) is 2.39. The van der Waals surface area contributed by atoms with Crippen LogP contribution in [0.3, 0.4) is 0 Å². The normalized spacial score (nSPS) is 12.6. The van der Waals surface area contributed by atoms with Crippen LogP contribution in [-0.2, 0) is 9.84 Å². The molecule has 0 unspecified atom stereocenters. The maximum Gasteiger partial charge on any atom is 0.389 e. The van der Waals surface area contributed by atoms with E-state index >= 15 is 0 Å². The number of alkyl halides is 3. The molecule has 0 heterocycles. The Labute approximate surface area is 97.4 Å². The predicted molar refractivity (Wildman–Crippen MR) is 58.2 cm³/mol. The molecule has 0 atom stereocenters. The highest BCUT2D eigenvalue weighted by Crippen LogP contribution is 2.23. The van der Waals surface area contributed by atoms with Crippen molar-refractivity contribution in [3.8, 4) is 0 Å². The SMILES string of the molecule is Nc1ccc(S(=O)(=O)CCCC(F)(F)F)cc1. The summed E-state index contributed by atoms with van der Waals surface area (Å²) in [4.78, 5) is -0.00567. The van der Waals surface area contributed by atoms with Gasteiger partial charge in [0.1, 0.15) is 0 Å². The highest BCUT2D eigenvalue weighted by molar-refractivity contribution is 7.91. The third-order valence-electron chi connectivity index (χ3n) is 2.11. The number of rotatable bonds is 4. The van der Waals surface area contributed by atoms with Crippen LogP contribution in [0.15, 0.2) is 29.2 Å². The first-order valence-electron chi connectivity index (χ1n) is 4.86. The smallest absolute Gasteiger partial charge is 0.389 e. The van der Waals surface area contributed by atoms with Crippen molar-refractivity contribution in [2.45, 2.75) is 23.9 Å². The van der Waals surface area contributed by atoms with Gasteiger partial charge in [-0.3, -0.25) is 0 Å². The second kappa shape index (κ2) is 4.95. The third kappa shape index (κ3) is 4.64. The highest BCUT2D eigenvalue weighted by Gasteiger charge is 2.27. The van der Waals surface area contributed by atoms with Crippen LogP contribution >= 0.6 is 0 Å². The molecule has 0 bridgehead atoms. The molecule has 96 valence electrons. The molecule has 1 rings (SSSR count). The number of sulfone groups is 1. The lowest BCUT2D eigenvalue weighted by Crippen LogP contribution is -2.12. The van der Waals surface area contributed by atoms with Crippen LogP contribution in [0.1, 0.15) is 12.8 Å². The molecule has 0 aliphatic carbocycles. The van der Waals surface area contributed by atoms with Gasteiger partial charge in [0.2, 0.25) is 0 Å². The number of halogens is 3. The van der Waals surface area contributed by atoms with Crippen LogP contribution in [0.25, 0.3) is 0 Å². The van der Waals surface area contributed by atoms with Crippen LogP contribution in [-0.4, -0.2) is 20.3 Å². The molecule has 0 radical (unpaired) electrons. The van der Waals surface area contributed by atoms with Gasteiger partial charge in [0.25, 0.3) is 0 Å². The molecule has 1 aromatic rings. The number of nitrogen functional groups attached to an aromatic ring is 1. The van der Waals surface area contributed by atoms with E-state index in [1.54, 1.807) is 0 Å². The minimum Gasteiger partial charge on any atom is -0.399 e. The average molecular weight is 267 g/mol. The first-order chi connectivity index (χ1) is 7.71. The van der Waals surface area contributed by atoms with E-state index in [1.165, 1.54) is 24.3 Å². The summed E-state index contributed by atoms with van der Waals surface area (Å²) in [6.45, 7) is 0. The molecule has 0 fully saturated rings. The number of hydrogen-bond donors (Lipinski definition) is 1. The van der Waals surface area contributed by atoms with Crippen LogP contribution in [0.5, 0.6) is 0 Å². The Kier molecular flexibility index (Phi) is 4.03. The standard InChI is InChI=1S/C10H12F3NO2S/c11-10(12,13)6-1-7-17(15,16)9-4-2-8(14)3-5-9/h2-5H,1,6-7,14H2. The minimum atomic E-state index is -4.32. The monoisotopic (exact) mass is 267 g/mol. The fraction of sp³-hybridized carbons (Fsp3) is 0.400. The molecule has 0 saturated heterocycles. The van der Waals surface area contributed by atoms with E-state index in [9.17, 15) is 21.6 Å². The second-order valence-corrected chi connectivity index (χ2v) is 5.72. The lowest BCUT2D eigenvalue weighted by atomic mass is 10.3. The molecule has 3 nitrogen and oxygen atoms in total. The van der Waals surface area contributed by atoms with Crippen molar-refractivity contribution in [2.75, 3.05) is 11.5 Å². The van der Waals surface area contributed by atoms with Gasteiger partial charge >= 0.3 is 6.18 Å². The number of hydrogen-bond acceptors (Lipinski definition) is 3. The summed E-state index contributed by atoms with van der Waals surface area (Å²) >= 11 is 0. The van der Waals surface area contributed by atoms with E-state index in [0.717, 1.165) is 0 Å². The van der Waals surface area contributed by atoms with E-state index in [2.05, 4.69) is 0 Å². The Morgan fingerprint density at radius 1 is 1.12 bits per heavy atom. The summed E-state index contributed by atoms with van der Waals surface area (Å²) in [5.41, 5.74) is 5.79. The fourth-order valence-corrected chi connectivity index (χ4v) is 2.57. The van der Waals surface area contributed by atoms with E-state index in [0.29, 0.717) is 5.69 Å². The number of anilines is 1. The minimum absolute atomic E-state index is 0.00567. The van der Waals surface area contributed by atoms with Crippen molar-refractivity contribution in [3.05, 3.63) is 24.3 Å². The van der Waals surface area contributed by atoms with Gasteiger partial charge in [0.15, 0.2) is 9.84 Å². The van der Waals surface area contributed by atoms with E-state index in [1.807, 2.05) is 0 Å². The van der Waals surface area contributed by atoms with Gasteiger partial charge in [-0.15, -0.1) is 0 Å².